The Morgan fingerprint density at radius 1 is 1.00 bits per heavy atom. The van der Waals surface area contributed by atoms with Gasteiger partial charge in [0.15, 0.2) is 11.5 Å². The van der Waals surface area contributed by atoms with Crippen LogP contribution in [-0.4, -0.2) is 13.7 Å². The standard InChI is InChI=1S/C23H22BrClFNO2/c1-28-22-12-18(14-27-11-10-17-4-2-3-5-21(17)26)20(24)13-23(22)29-15-16-6-8-19(25)9-7-16/h2-9,12-13,27H,10-11,14-15H2,1H3. The Balaban J connectivity index is 1.58. The molecular formula is C23H22BrClFNO2. The van der Waals surface area contributed by atoms with Crippen LogP contribution in [0.2, 0.25) is 5.02 Å². The molecule has 0 unspecified atom stereocenters. The van der Waals surface area contributed by atoms with Gasteiger partial charge >= 0.3 is 0 Å². The van der Waals surface area contributed by atoms with Crippen LogP contribution in [0.25, 0.3) is 0 Å². The fourth-order valence-electron chi connectivity index (χ4n) is 2.87. The molecule has 0 amide bonds. The average Bonchev–Trinajstić information content (AvgIpc) is 2.73. The summed E-state index contributed by atoms with van der Waals surface area (Å²) in [7, 11) is 1.62. The number of ether oxygens (including phenoxy) is 2. The maximum Gasteiger partial charge on any atom is 0.162 e. The molecule has 0 saturated carbocycles. The van der Waals surface area contributed by atoms with E-state index in [2.05, 4.69) is 21.2 Å². The molecule has 0 aliphatic rings. The van der Waals surface area contributed by atoms with Crippen molar-refractivity contribution in [2.45, 2.75) is 19.6 Å². The maximum atomic E-state index is 13.7. The van der Waals surface area contributed by atoms with Gasteiger partial charge < -0.3 is 14.8 Å². The molecule has 29 heavy (non-hydrogen) atoms. The van der Waals surface area contributed by atoms with E-state index in [-0.39, 0.29) is 5.82 Å². The highest BCUT2D eigenvalue weighted by Gasteiger charge is 2.11. The summed E-state index contributed by atoms with van der Waals surface area (Å²) < 4.78 is 26.0. The van der Waals surface area contributed by atoms with E-state index in [1.54, 1.807) is 13.2 Å². The first kappa shape index (κ1) is 21.6. The molecule has 3 nitrogen and oxygen atoms in total. The molecule has 152 valence electrons. The summed E-state index contributed by atoms with van der Waals surface area (Å²) in [6.07, 6.45) is 0.629. The van der Waals surface area contributed by atoms with Gasteiger partial charge in [-0.15, -0.1) is 0 Å². The molecule has 0 heterocycles. The second-order valence-electron chi connectivity index (χ2n) is 6.53. The zero-order valence-corrected chi connectivity index (χ0v) is 18.4. The van der Waals surface area contributed by atoms with Crippen LogP contribution in [0, 0.1) is 5.82 Å². The lowest BCUT2D eigenvalue weighted by Crippen LogP contribution is -2.17. The minimum Gasteiger partial charge on any atom is -0.493 e. The third-order valence-electron chi connectivity index (χ3n) is 4.48. The predicted molar refractivity (Wildman–Crippen MR) is 118 cm³/mol. The molecule has 3 aromatic carbocycles. The van der Waals surface area contributed by atoms with Gasteiger partial charge in [-0.3, -0.25) is 0 Å². The lowest BCUT2D eigenvalue weighted by molar-refractivity contribution is 0.284. The van der Waals surface area contributed by atoms with Crippen molar-refractivity contribution in [3.8, 4) is 11.5 Å². The van der Waals surface area contributed by atoms with Crippen LogP contribution >= 0.6 is 27.5 Å². The first-order chi connectivity index (χ1) is 14.1. The third kappa shape index (κ3) is 6.20. The number of rotatable bonds is 9. The Labute approximate surface area is 183 Å². The lowest BCUT2D eigenvalue weighted by Gasteiger charge is -2.15. The summed E-state index contributed by atoms with van der Waals surface area (Å²) in [6, 6.07) is 18.2. The Kier molecular flexibility index (Phi) is 7.92. The van der Waals surface area contributed by atoms with Crippen LogP contribution < -0.4 is 14.8 Å². The molecule has 0 saturated heterocycles. The molecule has 0 spiro atoms. The fraction of sp³-hybridized carbons (Fsp3) is 0.217. The van der Waals surface area contributed by atoms with Crippen LogP contribution in [0.15, 0.2) is 65.1 Å². The van der Waals surface area contributed by atoms with Crippen molar-refractivity contribution in [2.75, 3.05) is 13.7 Å². The van der Waals surface area contributed by atoms with Crippen molar-refractivity contribution in [1.82, 2.24) is 5.32 Å². The lowest BCUT2D eigenvalue weighted by atomic mass is 10.1. The predicted octanol–water partition coefficient (Wildman–Crippen LogP) is 6.16. The summed E-state index contributed by atoms with van der Waals surface area (Å²) in [5.74, 6) is 1.15. The van der Waals surface area contributed by atoms with Gasteiger partial charge in [0.05, 0.1) is 7.11 Å². The number of hydrogen-bond donors (Lipinski definition) is 1. The molecule has 3 aromatic rings. The van der Waals surface area contributed by atoms with Gasteiger partial charge in [-0.25, -0.2) is 4.39 Å². The molecule has 0 radical (unpaired) electrons. The second-order valence-corrected chi connectivity index (χ2v) is 7.82. The molecule has 1 N–H and O–H groups in total. The molecule has 0 aliphatic carbocycles. The van der Waals surface area contributed by atoms with Crippen LogP contribution in [0.3, 0.4) is 0 Å². The van der Waals surface area contributed by atoms with Crippen LogP contribution in [0.1, 0.15) is 16.7 Å². The molecule has 0 bridgehead atoms. The normalized spacial score (nSPS) is 10.8. The van der Waals surface area contributed by atoms with Gasteiger partial charge in [0.1, 0.15) is 12.4 Å². The number of hydrogen-bond acceptors (Lipinski definition) is 3. The van der Waals surface area contributed by atoms with Gasteiger partial charge in [-0.2, -0.15) is 0 Å². The average molecular weight is 479 g/mol. The zero-order valence-electron chi connectivity index (χ0n) is 16.1. The molecule has 6 heteroatoms. The van der Waals surface area contributed by atoms with E-state index in [0.717, 1.165) is 15.6 Å². The fourth-order valence-corrected chi connectivity index (χ4v) is 3.46. The summed E-state index contributed by atoms with van der Waals surface area (Å²) in [4.78, 5) is 0. The summed E-state index contributed by atoms with van der Waals surface area (Å²) in [5.41, 5.74) is 2.77. The van der Waals surface area contributed by atoms with Crippen molar-refractivity contribution in [3.05, 3.63) is 92.7 Å². The second kappa shape index (κ2) is 10.6. The molecule has 0 atom stereocenters. The van der Waals surface area contributed by atoms with Gasteiger partial charge in [0.25, 0.3) is 0 Å². The summed E-state index contributed by atoms with van der Waals surface area (Å²) in [5, 5.41) is 4.04. The number of nitrogens with one attached hydrogen (secondary N) is 1. The van der Waals surface area contributed by atoms with Crippen molar-refractivity contribution in [3.63, 3.8) is 0 Å². The number of halogens is 3. The van der Waals surface area contributed by atoms with E-state index < -0.39 is 0 Å². The number of benzene rings is 3. The van der Waals surface area contributed by atoms with Crippen LogP contribution in [0.5, 0.6) is 11.5 Å². The monoisotopic (exact) mass is 477 g/mol. The Morgan fingerprint density at radius 3 is 2.48 bits per heavy atom. The minimum absolute atomic E-state index is 0.167. The quantitative estimate of drug-likeness (QED) is 0.374. The van der Waals surface area contributed by atoms with E-state index in [1.807, 2.05) is 48.5 Å². The number of methoxy groups -OCH3 is 1. The Bertz CT molecular complexity index is 950. The Morgan fingerprint density at radius 2 is 1.76 bits per heavy atom. The summed E-state index contributed by atoms with van der Waals surface area (Å²) in [6.45, 7) is 1.72. The van der Waals surface area contributed by atoms with Crippen LogP contribution in [0.4, 0.5) is 4.39 Å². The van der Waals surface area contributed by atoms with Crippen molar-refractivity contribution >= 4 is 27.5 Å². The van der Waals surface area contributed by atoms with E-state index >= 15 is 0 Å². The van der Waals surface area contributed by atoms with Gasteiger partial charge in [-0.1, -0.05) is 57.9 Å². The minimum atomic E-state index is -0.167. The summed E-state index contributed by atoms with van der Waals surface area (Å²) >= 11 is 9.52. The van der Waals surface area contributed by atoms with Crippen molar-refractivity contribution in [2.24, 2.45) is 0 Å². The first-order valence-corrected chi connectivity index (χ1v) is 10.4. The molecule has 0 fully saturated rings. The zero-order chi connectivity index (χ0) is 20.6. The van der Waals surface area contributed by atoms with Crippen molar-refractivity contribution in [1.29, 1.82) is 0 Å². The first-order valence-electron chi connectivity index (χ1n) is 9.24. The van der Waals surface area contributed by atoms with Gasteiger partial charge in [0, 0.05) is 16.0 Å². The highest BCUT2D eigenvalue weighted by Crippen LogP contribution is 2.34. The van der Waals surface area contributed by atoms with Crippen LogP contribution in [-0.2, 0) is 19.6 Å². The molecular weight excluding hydrogens is 457 g/mol. The van der Waals surface area contributed by atoms with Crippen molar-refractivity contribution < 1.29 is 13.9 Å². The smallest absolute Gasteiger partial charge is 0.162 e. The van der Waals surface area contributed by atoms with Gasteiger partial charge in [0.2, 0.25) is 0 Å². The van der Waals surface area contributed by atoms with E-state index in [4.69, 9.17) is 21.1 Å². The molecule has 0 aliphatic heterocycles. The largest absolute Gasteiger partial charge is 0.493 e. The topological polar surface area (TPSA) is 30.5 Å². The maximum absolute atomic E-state index is 13.7. The Hall–Kier alpha value is -2.08. The highest BCUT2D eigenvalue weighted by atomic mass is 79.9. The molecule has 3 rings (SSSR count). The van der Waals surface area contributed by atoms with E-state index in [9.17, 15) is 4.39 Å². The SMILES string of the molecule is COc1cc(CNCCc2ccccc2F)c(Br)cc1OCc1ccc(Cl)cc1. The third-order valence-corrected chi connectivity index (χ3v) is 5.47. The molecule has 0 aromatic heterocycles. The van der Waals surface area contributed by atoms with E-state index in [1.165, 1.54) is 6.07 Å². The highest BCUT2D eigenvalue weighted by molar-refractivity contribution is 9.10. The van der Waals surface area contributed by atoms with E-state index in [0.29, 0.717) is 48.2 Å². The van der Waals surface area contributed by atoms with Gasteiger partial charge in [-0.05, 0) is 60.0 Å².